The van der Waals surface area contributed by atoms with Crippen molar-refractivity contribution in [3.05, 3.63) is 22.4 Å². The molecule has 0 saturated carbocycles. The van der Waals surface area contributed by atoms with Crippen molar-refractivity contribution >= 4 is 11.3 Å². The van der Waals surface area contributed by atoms with Gasteiger partial charge in [0.1, 0.15) is 0 Å². The summed E-state index contributed by atoms with van der Waals surface area (Å²) in [6, 6.07) is 4.39. The summed E-state index contributed by atoms with van der Waals surface area (Å²) in [6.45, 7) is 8.61. The normalized spacial score (nSPS) is 23.9. The summed E-state index contributed by atoms with van der Waals surface area (Å²) in [5, 5.41) is 5.79. The van der Waals surface area contributed by atoms with Crippen LogP contribution < -0.4 is 5.32 Å². The minimum Gasteiger partial charge on any atom is -0.381 e. The molecule has 1 unspecified atom stereocenters. The van der Waals surface area contributed by atoms with Gasteiger partial charge in [-0.2, -0.15) is 0 Å². The van der Waals surface area contributed by atoms with Crippen LogP contribution in [0.3, 0.4) is 0 Å². The van der Waals surface area contributed by atoms with Crippen LogP contribution in [0.15, 0.2) is 17.5 Å². The van der Waals surface area contributed by atoms with E-state index in [1.807, 2.05) is 11.3 Å². The van der Waals surface area contributed by atoms with Crippen molar-refractivity contribution in [1.29, 1.82) is 0 Å². The molecule has 18 heavy (non-hydrogen) atoms. The molecule has 3 heteroatoms. The van der Waals surface area contributed by atoms with E-state index in [0.29, 0.717) is 5.41 Å². The summed E-state index contributed by atoms with van der Waals surface area (Å²) in [6.07, 6.45) is 3.66. The molecule has 2 rings (SSSR count). The summed E-state index contributed by atoms with van der Waals surface area (Å²) < 4.78 is 5.65. The fraction of sp³-hybridized carbons (Fsp3) is 0.733. The topological polar surface area (TPSA) is 21.3 Å². The van der Waals surface area contributed by atoms with Gasteiger partial charge in [0, 0.05) is 23.4 Å². The number of hydrogen-bond donors (Lipinski definition) is 1. The second-order valence-electron chi connectivity index (χ2n) is 5.91. The summed E-state index contributed by atoms with van der Waals surface area (Å²) in [5.41, 5.74) is 0.374. The lowest BCUT2D eigenvalue weighted by atomic mass is 9.82. The van der Waals surface area contributed by atoms with Gasteiger partial charge in [0.15, 0.2) is 0 Å². The Hall–Kier alpha value is -0.380. The summed E-state index contributed by atoms with van der Waals surface area (Å²) >= 11 is 1.87. The zero-order valence-corrected chi connectivity index (χ0v) is 12.4. The highest BCUT2D eigenvalue weighted by molar-refractivity contribution is 7.09. The summed E-state index contributed by atoms with van der Waals surface area (Å²) in [4.78, 5) is 1.50. The Kier molecular flexibility index (Phi) is 5.22. The first-order valence-electron chi connectivity index (χ1n) is 7.01. The molecule has 0 amide bonds. The Morgan fingerprint density at radius 1 is 1.50 bits per heavy atom. The average Bonchev–Trinajstić information content (AvgIpc) is 2.97. The number of nitrogens with one attached hydrogen (secondary N) is 1. The van der Waals surface area contributed by atoms with Gasteiger partial charge in [-0.15, -0.1) is 11.3 Å². The van der Waals surface area contributed by atoms with Crippen molar-refractivity contribution in [2.75, 3.05) is 26.3 Å². The van der Waals surface area contributed by atoms with Crippen molar-refractivity contribution in [3.63, 3.8) is 0 Å². The van der Waals surface area contributed by atoms with Gasteiger partial charge < -0.3 is 10.1 Å². The van der Waals surface area contributed by atoms with Gasteiger partial charge in [0.25, 0.3) is 0 Å². The zero-order valence-electron chi connectivity index (χ0n) is 11.6. The molecule has 1 aromatic heterocycles. The molecule has 1 aromatic rings. The highest BCUT2D eigenvalue weighted by Crippen LogP contribution is 2.33. The van der Waals surface area contributed by atoms with Crippen LogP contribution in [0.25, 0.3) is 0 Å². The Morgan fingerprint density at radius 2 is 2.39 bits per heavy atom. The molecule has 102 valence electrons. The van der Waals surface area contributed by atoms with Crippen LogP contribution in [-0.4, -0.2) is 26.3 Å². The third-order valence-electron chi connectivity index (χ3n) is 3.72. The quantitative estimate of drug-likeness (QED) is 0.818. The van der Waals surface area contributed by atoms with Crippen LogP contribution >= 0.6 is 11.3 Å². The number of rotatable bonds is 7. The van der Waals surface area contributed by atoms with Crippen LogP contribution in [0.1, 0.15) is 31.6 Å². The van der Waals surface area contributed by atoms with Crippen LogP contribution in [0, 0.1) is 11.3 Å². The van der Waals surface area contributed by atoms with Gasteiger partial charge in [-0.3, -0.25) is 0 Å². The van der Waals surface area contributed by atoms with E-state index in [0.717, 1.165) is 32.2 Å². The summed E-state index contributed by atoms with van der Waals surface area (Å²) in [7, 11) is 0. The third kappa shape index (κ3) is 4.08. The smallest absolute Gasteiger partial charge is 0.0535 e. The van der Waals surface area contributed by atoms with Crippen LogP contribution in [-0.2, 0) is 11.2 Å². The van der Waals surface area contributed by atoms with E-state index in [2.05, 4.69) is 36.7 Å². The molecule has 0 aromatic carbocycles. The molecular formula is C15H25NOS. The first-order chi connectivity index (χ1) is 8.70. The SMILES string of the molecule is CC(C)CNCC1(CCc2cccs2)CCOC1. The van der Waals surface area contributed by atoms with E-state index < -0.39 is 0 Å². The number of ether oxygens (including phenoxy) is 1. The Bertz CT molecular complexity index is 328. The van der Waals surface area contributed by atoms with Crippen molar-refractivity contribution in [2.24, 2.45) is 11.3 Å². The molecule has 1 aliphatic rings. The molecule has 2 heterocycles. The van der Waals surface area contributed by atoms with Crippen LogP contribution in [0.5, 0.6) is 0 Å². The Balaban J connectivity index is 1.82. The maximum Gasteiger partial charge on any atom is 0.0535 e. The van der Waals surface area contributed by atoms with Crippen molar-refractivity contribution in [2.45, 2.75) is 33.1 Å². The van der Waals surface area contributed by atoms with E-state index in [9.17, 15) is 0 Å². The molecule has 1 N–H and O–H groups in total. The lowest BCUT2D eigenvalue weighted by molar-refractivity contribution is 0.143. The maximum absolute atomic E-state index is 5.65. The van der Waals surface area contributed by atoms with E-state index in [1.165, 1.54) is 24.1 Å². The van der Waals surface area contributed by atoms with E-state index in [4.69, 9.17) is 4.74 Å². The lowest BCUT2D eigenvalue weighted by Crippen LogP contribution is -2.36. The third-order valence-corrected chi connectivity index (χ3v) is 4.66. The first-order valence-corrected chi connectivity index (χ1v) is 7.89. The minimum absolute atomic E-state index is 0.374. The summed E-state index contributed by atoms with van der Waals surface area (Å²) in [5.74, 6) is 0.724. The first kappa shape index (κ1) is 14.0. The standard InChI is InChI=1S/C15H25NOS/c1-13(2)10-16-11-15(7-8-17-12-15)6-5-14-4-3-9-18-14/h3-4,9,13,16H,5-8,10-12H2,1-2H3. The van der Waals surface area contributed by atoms with E-state index >= 15 is 0 Å². The maximum atomic E-state index is 5.65. The number of hydrogen-bond acceptors (Lipinski definition) is 3. The van der Waals surface area contributed by atoms with Gasteiger partial charge in [-0.05, 0) is 43.2 Å². The number of aryl methyl sites for hydroxylation is 1. The Morgan fingerprint density at radius 3 is 3.00 bits per heavy atom. The minimum atomic E-state index is 0.374. The van der Waals surface area contributed by atoms with Gasteiger partial charge >= 0.3 is 0 Å². The monoisotopic (exact) mass is 267 g/mol. The van der Waals surface area contributed by atoms with Gasteiger partial charge in [0.2, 0.25) is 0 Å². The number of thiophene rings is 1. The fourth-order valence-electron chi connectivity index (χ4n) is 2.54. The highest BCUT2D eigenvalue weighted by Gasteiger charge is 2.34. The highest BCUT2D eigenvalue weighted by atomic mass is 32.1. The van der Waals surface area contributed by atoms with Crippen molar-refractivity contribution in [1.82, 2.24) is 5.32 Å². The average molecular weight is 267 g/mol. The molecule has 0 radical (unpaired) electrons. The molecule has 1 atom stereocenters. The molecule has 0 spiro atoms. The van der Waals surface area contributed by atoms with Crippen molar-refractivity contribution in [3.8, 4) is 0 Å². The predicted octanol–water partition coefficient (Wildman–Crippen LogP) is 3.33. The van der Waals surface area contributed by atoms with Crippen LogP contribution in [0.2, 0.25) is 0 Å². The van der Waals surface area contributed by atoms with Crippen LogP contribution in [0.4, 0.5) is 0 Å². The Labute approximate surface area is 115 Å². The molecule has 2 nitrogen and oxygen atoms in total. The zero-order chi connectivity index (χ0) is 12.8. The molecule has 1 saturated heterocycles. The van der Waals surface area contributed by atoms with Crippen molar-refractivity contribution < 1.29 is 4.74 Å². The van der Waals surface area contributed by atoms with Gasteiger partial charge in [-0.25, -0.2) is 0 Å². The fourth-order valence-corrected chi connectivity index (χ4v) is 3.25. The van der Waals surface area contributed by atoms with E-state index in [-0.39, 0.29) is 0 Å². The largest absolute Gasteiger partial charge is 0.381 e. The predicted molar refractivity (Wildman–Crippen MR) is 78.2 cm³/mol. The molecule has 1 fully saturated rings. The molecule has 0 aliphatic carbocycles. The lowest BCUT2D eigenvalue weighted by Gasteiger charge is -2.28. The molecular weight excluding hydrogens is 242 g/mol. The molecule has 0 bridgehead atoms. The second-order valence-corrected chi connectivity index (χ2v) is 6.94. The second kappa shape index (κ2) is 6.69. The van der Waals surface area contributed by atoms with E-state index in [1.54, 1.807) is 0 Å². The van der Waals surface area contributed by atoms with Gasteiger partial charge in [-0.1, -0.05) is 19.9 Å². The van der Waals surface area contributed by atoms with Gasteiger partial charge in [0.05, 0.1) is 6.61 Å². The molecule has 1 aliphatic heterocycles.